The van der Waals surface area contributed by atoms with Crippen molar-refractivity contribution >= 4 is 28.9 Å². The number of pyridine rings is 1. The number of hydrogen-bond acceptors (Lipinski definition) is 4. The number of anilines is 3. The van der Waals surface area contributed by atoms with E-state index in [1.807, 2.05) is 48.5 Å². The molecule has 3 rings (SSSR count). The van der Waals surface area contributed by atoms with Gasteiger partial charge in [0.15, 0.2) is 0 Å². The molecule has 3 aromatic rings. The third-order valence-corrected chi connectivity index (χ3v) is 4.70. The van der Waals surface area contributed by atoms with Crippen molar-refractivity contribution in [3.63, 3.8) is 0 Å². The second kappa shape index (κ2) is 10.8. The summed E-state index contributed by atoms with van der Waals surface area (Å²) in [6, 6.07) is 18.8. The van der Waals surface area contributed by atoms with E-state index in [1.165, 1.54) is 0 Å². The number of benzene rings is 2. The van der Waals surface area contributed by atoms with Crippen molar-refractivity contribution in [2.24, 2.45) is 0 Å². The molecule has 0 radical (unpaired) electrons. The highest BCUT2D eigenvalue weighted by atomic mass is 16.2. The van der Waals surface area contributed by atoms with E-state index in [0.29, 0.717) is 24.2 Å². The predicted octanol–water partition coefficient (Wildman–Crippen LogP) is 4.86. The molecule has 0 saturated heterocycles. The number of nitrogens with two attached hydrogens (primary N) is 1. The van der Waals surface area contributed by atoms with E-state index < -0.39 is 0 Å². The molecular formula is C24H26N4O2. The van der Waals surface area contributed by atoms with Crippen molar-refractivity contribution in [3.05, 3.63) is 73.1 Å². The van der Waals surface area contributed by atoms with Gasteiger partial charge < -0.3 is 16.4 Å². The number of nitrogen functional groups attached to an aromatic ring is 1. The van der Waals surface area contributed by atoms with Crippen LogP contribution in [0.1, 0.15) is 32.1 Å². The number of para-hydroxylation sites is 2. The molecule has 0 atom stereocenters. The number of carbonyl (C=O) groups is 2. The van der Waals surface area contributed by atoms with Gasteiger partial charge in [-0.1, -0.05) is 30.7 Å². The Balaban J connectivity index is 1.36. The minimum Gasteiger partial charge on any atom is -0.397 e. The first-order valence-corrected chi connectivity index (χ1v) is 10.1. The molecule has 0 aliphatic heterocycles. The van der Waals surface area contributed by atoms with Gasteiger partial charge in [0.05, 0.1) is 11.4 Å². The molecule has 0 fully saturated rings. The maximum atomic E-state index is 12.2. The fraction of sp³-hybridized carbons (Fsp3) is 0.208. The van der Waals surface area contributed by atoms with Crippen molar-refractivity contribution in [3.8, 4) is 11.1 Å². The molecule has 1 aromatic heterocycles. The quantitative estimate of drug-likeness (QED) is 0.352. The molecular weight excluding hydrogens is 376 g/mol. The van der Waals surface area contributed by atoms with Crippen molar-refractivity contribution in [2.75, 3.05) is 16.4 Å². The average Bonchev–Trinajstić information content (AvgIpc) is 2.76. The lowest BCUT2D eigenvalue weighted by Crippen LogP contribution is -2.13. The Hall–Kier alpha value is -3.67. The first-order chi connectivity index (χ1) is 14.6. The molecule has 0 spiro atoms. The first kappa shape index (κ1) is 21.0. The maximum Gasteiger partial charge on any atom is 0.224 e. The molecule has 30 heavy (non-hydrogen) atoms. The average molecular weight is 402 g/mol. The van der Waals surface area contributed by atoms with Gasteiger partial charge in [0.2, 0.25) is 11.8 Å². The monoisotopic (exact) mass is 402 g/mol. The number of nitrogens with zero attached hydrogens (tertiary/aromatic N) is 1. The van der Waals surface area contributed by atoms with Gasteiger partial charge in [-0.25, -0.2) is 0 Å². The zero-order valence-electron chi connectivity index (χ0n) is 16.8. The fourth-order valence-corrected chi connectivity index (χ4v) is 3.12. The zero-order valence-corrected chi connectivity index (χ0v) is 16.8. The predicted molar refractivity (Wildman–Crippen MR) is 121 cm³/mol. The molecule has 2 amide bonds. The molecule has 4 N–H and O–H groups in total. The summed E-state index contributed by atoms with van der Waals surface area (Å²) in [5.41, 5.74) is 9.86. The number of nitrogens with one attached hydrogen (secondary N) is 2. The van der Waals surface area contributed by atoms with Crippen molar-refractivity contribution < 1.29 is 9.59 Å². The molecule has 0 unspecified atom stereocenters. The van der Waals surface area contributed by atoms with Crippen LogP contribution in [0.5, 0.6) is 0 Å². The summed E-state index contributed by atoms with van der Waals surface area (Å²) in [6.45, 7) is 0. The number of unbranched alkanes of at least 4 members (excludes halogenated alkanes) is 2. The summed E-state index contributed by atoms with van der Waals surface area (Å²) in [5, 5.41) is 5.76. The highest BCUT2D eigenvalue weighted by molar-refractivity contribution is 5.93. The van der Waals surface area contributed by atoms with Crippen LogP contribution in [0.4, 0.5) is 17.1 Å². The van der Waals surface area contributed by atoms with E-state index in [0.717, 1.165) is 36.1 Å². The Morgan fingerprint density at radius 2 is 1.47 bits per heavy atom. The van der Waals surface area contributed by atoms with Gasteiger partial charge in [-0.3, -0.25) is 14.6 Å². The lowest BCUT2D eigenvalue weighted by atomic mass is 10.1. The molecule has 2 aromatic carbocycles. The second-order valence-corrected chi connectivity index (χ2v) is 7.06. The number of amides is 2. The summed E-state index contributed by atoms with van der Waals surface area (Å²) in [5.74, 6) is -0.0892. The lowest BCUT2D eigenvalue weighted by molar-refractivity contribution is -0.116. The third-order valence-electron chi connectivity index (χ3n) is 4.70. The van der Waals surface area contributed by atoms with E-state index in [-0.39, 0.29) is 11.8 Å². The Labute approximate surface area is 176 Å². The highest BCUT2D eigenvalue weighted by Crippen LogP contribution is 2.22. The van der Waals surface area contributed by atoms with E-state index in [9.17, 15) is 9.59 Å². The van der Waals surface area contributed by atoms with Gasteiger partial charge in [-0.15, -0.1) is 0 Å². The van der Waals surface area contributed by atoms with Crippen molar-refractivity contribution in [2.45, 2.75) is 32.1 Å². The number of carbonyl (C=O) groups excluding carboxylic acids is 2. The van der Waals surface area contributed by atoms with E-state index >= 15 is 0 Å². The van der Waals surface area contributed by atoms with E-state index in [1.54, 1.807) is 24.5 Å². The van der Waals surface area contributed by atoms with Gasteiger partial charge in [0.1, 0.15) is 0 Å². The maximum absolute atomic E-state index is 12.2. The first-order valence-electron chi connectivity index (χ1n) is 10.1. The Morgan fingerprint density at radius 3 is 2.20 bits per heavy atom. The normalized spacial score (nSPS) is 10.4. The molecule has 6 heteroatoms. The topological polar surface area (TPSA) is 97.1 Å². The second-order valence-electron chi connectivity index (χ2n) is 7.06. The van der Waals surface area contributed by atoms with E-state index in [4.69, 9.17) is 5.73 Å². The number of aromatic nitrogens is 1. The lowest BCUT2D eigenvalue weighted by Gasteiger charge is -2.08. The largest absolute Gasteiger partial charge is 0.397 e. The van der Waals surface area contributed by atoms with Crippen molar-refractivity contribution in [1.82, 2.24) is 4.98 Å². The van der Waals surface area contributed by atoms with Crippen LogP contribution < -0.4 is 16.4 Å². The van der Waals surface area contributed by atoms with Crippen LogP contribution in [0.25, 0.3) is 11.1 Å². The van der Waals surface area contributed by atoms with Gasteiger partial charge in [0, 0.05) is 30.9 Å². The van der Waals surface area contributed by atoms with Crippen LogP contribution in [0.2, 0.25) is 0 Å². The summed E-state index contributed by atoms with van der Waals surface area (Å²) < 4.78 is 0. The Kier molecular flexibility index (Phi) is 7.55. The Bertz CT molecular complexity index is 989. The molecule has 154 valence electrons. The van der Waals surface area contributed by atoms with Gasteiger partial charge >= 0.3 is 0 Å². The summed E-state index contributed by atoms with van der Waals surface area (Å²) >= 11 is 0. The van der Waals surface area contributed by atoms with Crippen LogP contribution in [-0.4, -0.2) is 16.8 Å². The molecule has 0 aliphatic rings. The smallest absolute Gasteiger partial charge is 0.224 e. The zero-order chi connectivity index (χ0) is 21.2. The van der Waals surface area contributed by atoms with Crippen LogP contribution >= 0.6 is 0 Å². The Morgan fingerprint density at radius 1 is 0.767 bits per heavy atom. The standard InChI is InChI=1S/C24H26N4O2/c25-21-9-4-5-10-22(21)28-24(30)12-3-1-2-11-23(29)27-20-8-6-7-19(17-20)18-13-15-26-16-14-18/h4-10,13-17H,1-3,11-12,25H2,(H,27,29)(H,28,30). The number of hydrogen-bond donors (Lipinski definition) is 3. The highest BCUT2D eigenvalue weighted by Gasteiger charge is 2.07. The molecule has 1 heterocycles. The van der Waals surface area contributed by atoms with Gasteiger partial charge in [0.25, 0.3) is 0 Å². The van der Waals surface area contributed by atoms with Gasteiger partial charge in [-0.05, 0) is 60.4 Å². The van der Waals surface area contributed by atoms with Crippen LogP contribution in [-0.2, 0) is 9.59 Å². The van der Waals surface area contributed by atoms with Crippen molar-refractivity contribution in [1.29, 1.82) is 0 Å². The van der Waals surface area contributed by atoms with Crippen LogP contribution in [0.15, 0.2) is 73.1 Å². The summed E-state index contributed by atoms with van der Waals surface area (Å²) in [6.07, 6.45) is 6.59. The minimum atomic E-state index is -0.0646. The molecule has 0 bridgehead atoms. The minimum absolute atomic E-state index is 0.0246. The number of rotatable bonds is 9. The molecule has 0 saturated carbocycles. The summed E-state index contributed by atoms with van der Waals surface area (Å²) in [7, 11) is 0. The molecule has 6 nitrogen and oxygen atoms in total. The fourth-order valence-electron chi connectivity index (χ4n) is 3.12. The van der Waals surface area contributed by atoms with Crippen LogP contribution in [0.3, 0.4) is 0 Å². The summed E-state index contributed by atoms with van der Waals surface area (Å²) in [4.78, 5) is 28.2. The third kappa shape index (κ3) is 6.44. The van der Waals surface area contributed by atoms with Gasteiger partial charge in [-0.2, -0.15) is 0 Å². The van der Waals surface area contributed by atoms with Crippen LogP contribution in [0, 0.1) is 0 Å². The SMILES string of the molecule is Nc1ccccc1NC(=O)CCCCCC(=O)Nc1cccc(-c2ccncc2)c1. The molecule has 0 aliphatic carbocycles. The van der Waals surface area contributed by atoms with E-state index in [2.05, 4.69) is 15.6 Å².